The van der Waals surface area contributed by atoms with E-state index in [0.29, 0.717) is 22.6 Å². The molecule has 19 heavy (non-hydrogen) atoms. The van der Waals surface area contributed by atoms with Gasteiger partial charge in [0.25, 0.3) is 0 Å². The van der Waals surface area contributed by atoms with Gasteiger partial charge in [0.05, 0.1) is 11.7 Å². The van der Waals surface area contributed by atoms with E-state index < -0.39 is 17.2 Å². The highest BCUT2D eigenvalue weighted by atomic mass is 32.1. The number of halogens is 3. The molecule has 0 aliphatic heterocycles. The maximum absolute atomic E-state index is 12.5. The zero-order valence-corrected chi connectivity index (χ0v) is 11.2. The second kappa shape index (κ2) is 4.93. The van der Waals surface area contributed by atoms with Gasteiger partial charge in [-0.2, -0.15) is 18.3 Å². The van der Waals surface area contributed by atoms with Gasteiger partial charge in [0.1, 0.15) is 0 Å². The van der Waals surface area contributed by atoms with Gasteiger partial charge in [-0.25, -0.2) is 4.98 Å². The first-order valence-electron chi connectivity index (χ1n) is 5.63. The summed E-state index contributed by atoms with van der Waals surface area (Å²) in [6.45, 7) is 1.92. The third-order valence-electron chi connectivity index (χ3n) is 2.68. The van der Waals surface area contributed by atoms with Crippen LogP contribution in [0, 0.1) is 0 Å². The maximum atomic E-state index is 12.5. The molecule has 0 saturated carbocycles. The van der Waals surface area contributed by atoms with Gasteiger partial charge in [0.2, 0.25) is 0 Å². The van der Waals surface area contributed by atoms with E-state index in [9.17, 15) is 13.2 Å². The van der Waals surface area contributed by atoms with E-state index in [0.717, 1.165) is 11.3 Å². The van der Waals surface area contributed by atoms with Gasteiger partial charge in [-0.1, -0.05) is 6.92 Å². The number of alkyl halides is 3. The predicted molar refractivity (Wildman–Crippen MR) is 65.7 cm³/mol. The molecule has 8 heteroatoms. The molecule has 0 aliphatic rings. The lowest BCUT2D eigenvalue weighted by Gasteiger charge is -2.08. The monoisotopic (exact) mass is 290 g/mol. The lowest BCUT2D eigenvalue weighted by atomic mass is 10.1. The van der Waals surface area contributed by atoms with Crippen LogP contribution in [0.15, 0.2) is 12.4 Å². The van der Waals surface area contributed by atoms with Crippen LogP contribution in [0.2, 0.25) is 0 Å². The lowest BCUT2D eigenvalue weighted by Crippen LogP contribution is -2.11. The van der Waals surface area contributed by atoms with Crippen LogP contribution in [0.4, 0.5) is 13.2 Å². The molecule has 2 rings (SSSR count). The molecule has 0 aliphatic carbocycles. The van der Waals surface area contributed by atoms with Gasteiger partial charge in [0, 0.05) is 29.9 Å². The minimum atomic E-state index is -4.43. The molecule has 0 radical (unpaired) electrons. The SMILES string of the molecule is CCc1nn(C)cc1C(N)c1cnc(C(F)(F)F)s1. The molecule has 0 spiro atoms. The molecule has 2 aromatic rings. The quantitative estimate of drug-likeness (QED) is 0.945. The van der Waals surface area contributed by atoms with Crippen molar-refractivity contribution < 1.29 is 13.2 Å². The molecule has 4 nitrogen and oxygen atoms in total. The molecule has 2 aromatic heterocycles. The molecule has 1 unspecified atom stereocenters. The fourth-order valence-corrected chi connectivity index (χ4v) is 2.61. The molecule has 0 fully saturated rings. The molecule has 104 valence electrons. The Morgan fingerprint density at radius 3 is 2.68 bits per heavy atom. The van der Waals surface area contributed by atoms with Crippen LogP contribution in [-0.4, -0.2) is 14.8 Å². The summed E-state index contributed by atoms with van der Waals surface area (Å²) in [7, 11) is 1.75. The Morgan fingerprint density at radius 1 is 1.47 bits per heavy atom. The third kappa shape index (κ3) is 2.79. The highest BCUT2D eigenvalue weighted by Crippen LogP contribution is 2.35. The summed E-state index contributed by atoms with van der Waals surface area (Å²) in [5.74, 6) is 0. The third-order valence-corrected chi connectivity index (χ3v) is 3.81. The minimum absolute atomic E-state index is 0.384. The van der Waals surface area contributed by atoms with Gasteiger partial charge in [0.15, 0.2) is 5.01 Å². The van der Waals surface area contributed by atoms with Crippen LogP contribution >= 0.6 is 11.3 Å². The van der Waals surface area contributed by atoms with Crippen molar-refractivity contribution in [2.24, 2.45) is 12.8 Å². The standard InChI is InChI=1S/C11H13F3N4S/c1-3-7-6(5-18(2)17-7)9(15)8-4-16-10(19-8)11(12,13)14/h4-5,9H,3,15H2,1-2H3. The number of nitrogens with zero attached hydrogens (tertiary/aromatic N) is 3. The Morgan fingerprint density at radius 2 is 2.16 bits per heavy atom. The summed E-state index contributed by atoms with van der Waals surface area (Å²) in [5, 5.41) is 3.35. The van der Waals surface area contributed by atoms with Crippen LogP contribution in [0.5, 0.6) is 0 Å². The molecule has 2 N–H and O–H groups in total. The van der Waals surface area contributed by atoms with Gasteiger partial charge < -0.3 is 5.73 Å². The van der Waals surface area contributed by atoms with Crippen LogP contribution in [0.25, 0.3) is 0 Å². The Balaban J connectivity index is 2.33. The molecular formula is C11H13F3N4S. The van der Waals surface area contributed by atoms with Crippen molar-refractivity contribution in [2.75, 3.05) is 0 Å². The fraction of sp³-hybridized carbons (Fsp3) is 0.455. The second-order valence-corrected chi connectivity index (χ2v) is 5.16. The first-order valence-corrected chi connectivity index (χ1v) is 6.45. The van der Waals surface area contributed by atoms with Crippen molar-refractivity contribution in [2.45, 2.75) is 25.6 Å². The Kier molecular flexibility index (Phi) is 3.64. The van der Waals surface area contributed by atoms with E-state index >= 15 is 0 Å². The molecular weight excluding hydrogens is 277 g/mol. The minimum Gasteiger partial charge on any atom is -0.319 e. The van der Waals surface area contributed by atoms with E-state index in [1.165, 1.54) is 6.20 Å². The number of rotatable bonds is 3. The van der Waals surface area contributed by atoms with E-state index in [4.69, 9.17) is 5.73 Å². The first kappa shape index (κ1) is 14.0. The normalized spacial score (nSPS) is 13.8. The number of aromatic nitrogens is 3. The second-order valence-electron chi connectivity index (χ2n) is 4.10. The number of aryl methyl sites for hydroxylation is 2. The van der Waals surface area contributed by atoms with Crippen LogP contribution in [0.3, 0.4) is 0 Å². The number of nitrogens with two attached hydrogens (primary N) is 1. The summed E-state index contributed by atoms with van der Waals surface area (Å²) >= 11 is 0.573. The van der Waals surface area contributed by atoms with Gasteiger partial charge in [-0.15, -0.1) is 11.3 Å². The number of hydrogen-bond acceptors (Lipinski definition) is 4. The number of hydrogen-bond donors (Lipinski definition) is 1. The maximum Gasteiger partial charge on any atom is 0.443 e. The smallest absolute Gasteiger partial charge is 0.319 e. The van der Waals surface area contributed by atoms with Crippen LogP contribution in [-0.2, 0) is 19.6 Å². The van der Waals surface area contributed by atoms with Crippen molar-refractivity contribution in [3.63, 3.8) is 0 Å². The molecule has 0 bridgehead atoms. The van der Waals surface area contributed by atoms with Gasteiger partial charge >= 0.3 is 6.18 Å². The molecule has 0 amide bonds. The van der Waals surface area contributed by atoms with Crippen LogP contribution < -0.4 is 5.73 Å². The summed E-state index contributed by atoms with van der Waals surface area (Å²) in [5.41, 5.74) is 7.54. The summed E-state index contributed by atoms with van der Waals surface area (Å²) in [6, 6.07) is -0.628. The molecule has 2 heterocycles. The summed E-state index contributed by atoms with van der Waals surface area (Å²) in [4.78, 5) is 3.77. The molecule has 1 atom stereocenters. The first-order chi connectivity index (χ1) is 8.82. The highest BCUT2D eigenvalue weighted by Gasteiger charge is 2.35. The van der Waals surface area contributed by atoms with Gasteiger partial charge in [-0.3, -0.25) is 4.68 Å². The highest BCUT2D eigenvalue weighted by molar-refractivity contribution is 7.11. The fourth-order valence-electron chi connectivity index (χ4n) is 1.80. The topological polar surface area (TPSA) is 56.7 Å². The Hall–Kier alpha value is -1.41. The van der Waals surface area contributed by atoms with E-state index in [2.05, 4.69) is 10.1 Å². The molecule has 0 aromatic carbocycles. The van der Waals surface area contributed by atoms with Crippen molar-refractivity contribution in [3.8, 4) is 0 Å². The van der Waals surface area contributed by atoms with E-state index in [1.807, 2.05) is 6.92 Å². The average molecular weight is 290 g/mol. The average Bonchev–Trinajstić information content (AvgIpc) is 2.93. The predicted octanol–water partition coefficient (Wildman–Crippen LogP) is 2.51. The summed E-state index contributed by atoms with van der Waals surface area (Å²) in [6.07, 6.45) is -0.832. The lowest BCUT2D eigenvalue weighted by molar-refractivity contribution is -0.137. The zero-order valence-electron chi connectivity index (χ0n) is 10.4. The van der Waals surface area contributed by atoms with Crippen molar-refractivity contribution in [1.29, 1.82) is 0 Å². The van der Waals surface area contributed by atoms with Crippen molar-refractivity contribution >= 4 is 11.3 Å². The van der Waals surface area contributed by atoms with E-state index in [-0.39, 0.29) is 0 Å². The van der Waals surface area contributed by atoms with Gasteiger partial charge in [-0.05, 0) is 6.42 Å². The largest absolute Gasteiger partial charge is 0.443 e. The van der Waals surface area contributed by atoms with Crippen molar-refractivity contribution in [3.05, 3.63) is 33.5 Å². The number of thiazole rings is 1. The Bertz CT molecular complexity index is 573. The van der Waals surface area contributed by atoms with Crippen LogP contribution in [0.1, 0.15) is 34.1 Å². The van der Waals surface area contributed by atoms with Crippen molar-refractivity contribution in [1.82, 2.24) is 14.8 Å². The van der Waals surface area contributed by atoms with E-state index in [1.54, 1.807) is 17.9 Å². The summed E-state index contributed by atoms with van der Waals surface area (Å²) < 4.78 is 39.1. The Labute approximate surface area is 112 Å². The molecule has 0 saturated heterocycles. The zero-order chi connectivity index (χ0) is 14.2.